The summed E-state index contributed by atoms with van der Waals surface area (Å²) in [6.07, 6.45) is 5.95. The van der Waals surface area contributed by atoms with Gasteiger partial charge in [0.1, 0.15) is 6.04 Å². The zero-order chi connectivity index (χ0) is 13.1. The van der Waals surface area contributed by atoms with Crippen LogP contribution < -0.4 is 5.73 Å². The highest BCUT2D eigenvalue weighted by Gasteiger charge is 2.46. The van der Waals surface area contributed by atoms with Gasteiger partial charge in [0.2, 0.25) is 5.91 Å². The van der Waals surface area contributed by atoms with Gasteiger partial charge in [-0.3, -0.25) is 4.79 Å². The van der Waals surface area contributed by atoms with Gasteiger partial charge in [-0.1, -0.05) is 12.8 Å². The molecule has 1 aliphatic carbocycles. The number of rotatable bonds is 4. The van der Waals surface area contributed by atoms with Gasteiger partial charge >= 0.3 is 5.97 Å². The Hall–Kier alpha value is -1.10. The zero-order valence-corrected chi connectivity index (χ0v) is 10.7. The van der Waals surface area contributed by atoms with Crippen molar-refractivity contribution >= 4 is 11.9 Å². The molecule has 5 nitrogen and oxygen atoms in total. The predicted molar refractivity (Wildman–Crippen MR) is 66.9 cm³/mol. The van der Waals surface area contributed by atoms with Crippen LogP contribution >= 0.6 is 0 Å². The van der Waals surface area contributed by atoms with Crippen LogP contribution in [0.15, 0.2) is 0 Å². The predicted octanol–water partition coefficient (Wildman–Crippen LogP) is 0.970. The van der Waals surface area contributed by atoms with E-state index in [1.165, 1.54) is 6.42 Å². The minimum absolute atomic E-state index is 0.0257. The summed E-state index contributed by atoms with van der Waals surface area (Å²) in [5, 5.41) is 9.29. The van der Waals surface area contributed by atoms with Crippen LogP contribution in [-0.4, -0.2) is 40.5 Å². The van der Waals surface area contributed by atoms with Crippen molar-refractivity contribution in [1.82, 2.24) is 4.90 Å². The van der Waals surface area contributed by atoms with E-state index in [0.29, 0.717) is 31.7 Å². The minimum Gasteiger partial charge on any atom is -0.480 e. The summed E-state index contributed by atoms with van der Waals surface area (Å²) >= 11 is 0. The van der Waals surface area contributed by atoms with E-state index in [1.54, 1.807) is 4.90 Å². The van der Waals surface area contributed by atoms with E-state index in [1.807, 2.05) is 0 Å². The van der Waals surface area contributed by atoms with Gasteiger partial charge in [0.15, 0.2) is 0 Å². The molecule has 5 heteroatoms. The normalized spacial score (nSPS) is 31.2. The summed E-state index contributed by atoms with van der Waals surface area (Å²) in [6.45, 7) is 0.478. The average Bonchev–Trinajstić information content (AvgIpc) is 2.75. The zero-order valence-electron chi connectivity index (χ0n) is 10.7. The Morgan fingerprint density at radius 2 is 2.00 bits per heavy atom. The fourth-order valence-corrected chi connectivity index (χ4v) is 3.42. The van der Waals surface area contributed by atoms with Crippen molar-refractivity contribution in [3.63, 3.8) is 0 Å². The molecule has 1 aliphatic heterocycles. The van der Waals surface area contributed by atoms with Gasteiger partial charge in [0.25, 0.3) is 0 Å². The van der Waals surface area contributed by atoms with E-state index in [9.17, 15) is 14.7 Å². The van der Waals surface area contributed by atoms with Crippen LogP contribution in [0.3, 0.4) is 0 Å². The lowest BCUT2D eigenvalue weighted by Crippen LogP contribution is -2.46. The van der Waals surface area contributed by atoms with Crippen molar-refractivity contribution in [3.8, 4) is 0 Å². The van der Waals surface area contributed by atoms with Crippen molar-refractivity contribution in [2.24, 2.45) is 11.7 Å². The topological polar surface area (TPSA) is 83.6 Å². The first-order valence-corrected chi connectivity index (χ1v) is 6.89. The van der Waals surface area contributed by atoms with E-state index < -0.39 is 12.0 Å². The number of carboxylic acid groups (broad SMARTS) is 1. The maximum atomic E-state index is 12.2. The van der Waals surface area contributed by atoms with Gasteiger partial charge in [0, 0.05) is 12.5 Å². The second-order valence-corrected chi connectivity index (χ2v) is 5.39. The number of hydrogen-bond donors (Lipinski definition) is 2. The highest BCUT2D eigenvalue weighted by atomic mass is 16.4. The maximum absolute atomic E-state index is 12.2. The van der Waals surface area contributed by atoms with Crippen molar-refractivity contribution < 1.29 is 14.7 Å². The van der Waals surface area contributed by atoms with E-state index in [4.69, 9.17) is 5.73 Å². The van der Waals surface area contributed by atoms with Gasteiger partial charge in [-0.05, 0) is 38.1 Å². The molecule has 0 aromatic carbocycles. The molecule has 1 saturated heterocycles. The Kier molecular flexibility index (Phi) is 4.22. The number of carboxylic acids is 1. The monoisotopic (exact) mass is 254 g/mol. The first-order chi connectivity index (χ1) is 8.65. The molecule has 2 aliphatic rings. The number of hydrogen-bond acceptors (Lipinski definition) is 3. The summed E-state index contributed by atoms with van der Waals surface area (Å²) in [4.78, 5) is 25.2. The van der Waals surface area contributed by atoms with Gasteiger partial charge in [-0.2, -0.15) is 0 Å². The molecule has 18 heavy (non-hydrogen) atoms. The van der Waals surface area contributed by atoms with Gasteiger partial charge in [-0.15, -0.1) is 0 Å². The molecule has 3 N–H and O–H groups in total. The number of likely N-dealkylation sites (tertiary alicyclic amines) is 1. The molecular formula is C13H22N2O3. The van der Waals surface area contributed by atoms with Crippen molar-refractivity contribution in [1.29, 1.82) is 0 Å². The molecule has 0 aromatic heterocycles. The highest BCUT2D eigenvalue weighted by Crippen LogP contribution is 2.40. The third-order valence-corrected chi connectivity index (χ3v) is 4.26. The fraction of sp³-hybridized carbons (Fsp3) is 0.846. The number of nitrogens with two attached hydrogens (primary N) is 1. The molecule has 1 saturated carbocycles. The molecule has 2 rings (SSSR count). The van der Waals surface area contributed by atoms with Crippen LogP contribution in [0, 0.1) is 5.92 Å². The molecule has 0 spiro atoms. The largest absolute Gasteiger partial charge is 0.480 e. The van der Waals surface area contributed by atoms with Crippen molar-refractivity contribution in [3.05, 3.63) is 0 Å². The molecule has 3 atom stereocenters. The van der Waals surface area contributed by atoms with Crippen LogP contribution in [0.2, 0.25) is 0 Å². The van der Waals surface area contributed by atoms with E-state index in [2.05, 4.69) is 0 Å². The van der Waals surface area contributed by atoms with Gasteiger partial charge < -0.3 is 15.7 Å². The van der Waals surface area contributed by atoms with Crippen molar-refractivity contribution in [2.75, 3.05) is 6.54 Å². The summed E-state index contributed by atoms with van der Waals surface area (Å²) in [5.41, 5.74) is 5.41. The number of aliphatic carboxylic acids is 1. The van der Waals surface area contributed by atoms with Crippen LogP contribution in [0.4, 0.5) is 0 Å². The lowest BCUT2D eigenvalue weighted by molar-refractivity contribution is -0.149. The summed E-state index contributed by atoms with van der Waals surface area (Å²) in [5.74, 6) is -0.491. The van der Waals surface area contributed by atoms with E-state index >= 15 is 0 Å². The molecule has 1 amide bonds. The Balaban J connectivity index is 2.11. The summed E-state index contributed by atoms with van der Waals surface area (Å²) in [6, 6.07) is -0.450. The molecule has 0 aromatic rings. The number of carbonyl (C=O) groups excluding carboxylic acids is 1. The van der Waals surface area contributed by atoms with Gasteiger partial charge in [-0.25, -0.2) is 4.79 Å². The SMILES string of the molecule is NCCCC(=O)N1C(C(=O)O)CC2CCCCC21. The lowest BCUT2D eigenvalue weighted by Gasteiger charge is -2.33. The third kappa shape index (κ3) is 2.51. The highest BCUT2D eigenvalue weighted by molar-refractivity contribution is 5.84. The number of fused-ring (bicyclic) bond motifs is 1. The lowest BCUT2D eigenvalue weighted by atomic mass is 9.84. The first kappa shape index (κ1) is 13.3. The minimum atomic E-state index is -0.856. The fourth-order valence-electron chi connectivity index (χ4n) is 3.42. The molecule has 2 fully saturated rings. The van der Waals surface area contributed by atoms with Crippen molar-refractivity contribution in [2.45, 2.75) is 57.0 Å². The Bertz CT molecular complexity index is 332. The molecule has 0 bridgehead atoms. The van der Waals surface area contributed by atoms with Crippen LogP contribution in [0.25, 0.3) is 0 Å². The number of amides is 1. The second-order valence-electron chi connectivity index (χ2n) is 5.39. The smallest absolute Gasteiger partial charge is 0.326 e. The van der Waals surface area contributed by atoms with Crippen LogP contribution in [0.5, 0.6) is 0 Å². The summed E-state index contributed by atoms with van der Waals surface area (Å²) in [7, 11) is 0. The van der Waals surface area contributed by atoms with Crippen LogP contribution in [-0.2, 0) is 9.59 Å². The Morgan fingerprint density at radius 1 is 1.28 bits per heavy atom. The maximum Gasteiger partial charge on any atom is 0.326 e. The Labute approximate surface area is 107 Å². The second kappa shape index (κ2) is 5.69. The van der Waals surface area contributed by atoms with Crippen LogP contribution in [0.1, 0.15) is 44.9 Å². The van der Waals surface area contributed by atoms with E-state index in [-0.39, 0.29) is 11.9 Å². The quantitative estimate of drug-likeness (QED) is 0.783. The molecule has 1 heterocycles. The average molecular weight is 254 g/mol. The molecule has 102 valence electrons. The third-order valence-electron chi connectivity index (χ3n) is 4.26. The first-order valence-electron chi connectivity index (χ1n) is 6.89. The summed E-state index contributed by atoms with van der Waals surface area (Å²) < 4.78 is 0. The van der Waals surface area contributed by atoms with Gasteiger partial charge in [0.05, 0.1) is 0 Å². The number of nitrogens with zero attached hydrogens (tertiary/aromatic N) is 1. The number of carbonyl (C=O) groups is 2. The standard InChI is InChI=1S/C13H22N2O3/c14-7-3-6-12(16)15-10-5-2-1-4-9(10)8-11(15)13(17)18/h9-11H,1-8,14H2,(H,17,18). The molecule has 3 unspecified atom stereocenters. The molecule has 0 radical (unpaired) electrons. The van der Waals surface area contributed by atoms with E-state index in [0.717, 1.165) is 19.3 Å². The molecular weight excluding hydrogens is 232 g/mol. The Morgan fingerprint density at radius 3 is 2.67 bits per heavy atom.